The van der Waals surface area contributed by atoms with E-state index in [0.29, 0.717) is 18.0 Å². The number of rotatable bonds is 4. The fourth-order valence-electron chi connectivity index (χ4n) is 3.15. The predicted octanol–water partition coefficient (Wildman–Crippen LogP) is 2.27. The number of nitrogens with zero attached hydrogens (tertiary/aromatic N) is 3. The van der Waals surface area contributed by atoms with E-state index in [1.54, 1.807) is 23.0 Å². The third-order valence-corrected chi connectivity index (χ3v) is 4.17. The van der Waals surface area contributed by atoms with E-state index in [0.717, 1.165) is 32.5 Å². The third kappa shape index (κ3) is 2.83. The molecule has 1 aliphatic rings. The van der Waals surface area contributed by atoms with E-state index in [9.17, 15) is 9.18 Å². The van der Waals surface area contributed by atoms with E-state index in [-0.39, 0.29) is 10.9 Å². The highest BCUT2D eigenvalue weighted by Gasteiger charge is 2.22. The van der Waals surface area contributed by atoms with Crippen LogP contribution in [0.3, 0.4) is 0 Å². The monoisotopic (exact) mass is 289 g/mol. The normalized spacial score (nSPS) is 19.4. The van der Waals surface area contributed by atoms with Crippen molar-refractivity contribution in [3.8, 4) is 0 Å². The average molecular weight is 289 g/mol. The van der Waals surface area contributed by atoms with E-state index in [4.69, 9.17) is 0 Å². The third-order valence-electron chi connectivity index (χ3n) is 4.17. The van der Waals surface area contributed by atoms with Crippen molar-refractivity contribution in [2.75, 3.05) is 19.6 Å². The Morgan fingerprint density at radius 1 is 1.43 bits per heavy atom. The average Bonchev–Trinajstić information content (AvgIpc) is 2.90. The van der Waals surface area contributed by atoms with Crippen molar-refractivity contribution >= 4 is 10.9 Å². The van der Waals surface area contributed by atoms with Crippen LogP contribution in [0.1, 0.15) is 19.8 Å². The summed E-state index contributed by atoms with van der Waals surface area (Å²) in [6.07, 6.45) is 3.78. The summed E-state index contributed by atoms with van der Waals surface area (Å²) < 4.78 is 15.4. The minimum atomic E-state index is -0.488. The zero-order valence-corrected chi connectivity index (χ0v) is 12.3. The molecule has 2 aromatic rings. The van der Waals surface area contributed by atoms with E-state index in [1.165, 1.54) is 6.07 Å². The summed E-state index contributed by atoms with van der Waals surface area (Å²) in [7, 11) is 0. The van der Waals surface area contributed by atoms with Gasteiger partial charge in [0.05, 0.1) is 11.8 Å². The van der Waals surface area contributed by atoms with Crippen LogP contribution in [0.25, 0.3) is 10.9 Å². The van der Waals surface area contributed by atoms with Gasteiger partial charge in [0.2, 0.25) is 0 Å². The number of likely N-dealkylation sites (tertiary alicyclic amines) is 1. The van der Waals surface area contributed by atoms with Gasteiger partial charge in [-0.2, -0.15) is 0 Å². The molecule has 112 valence electrons. The second kappa shape index (κ2) is 5.93. The maximum Gasteiger partial charge on any atom is 0.264 e. The quantitative estimate of drug-likeness (QED) is 0.866. The van der Waals surface area contributed by atoms with Crippen LogP contribution in [0.15, 0.2) is 29.3 Å². The number of hydrogen-bond acceptors (Lipinski definition) is 3. The summed E-state index contributed by atoms with van der Waals surface area (Å²) in [5, 5.41) is 0.100. The van der Waals surface area contributed by atoms with Crippen LogP contribution < -0.4 is 5.56 Å². The van der Waals surface area contributed by atoms with Crippen molar-refractivity contribution in [1.29, 1.82) is 0 Å². The molecular weight excluding hydrogens is 269 g/mol. The lowest BCUT2D eigenvalue weighted by Gasteiger charge is -2.15. The van der Waals surface area contributed by atoms with E-state index < -0.39 is 5.82 Å². The van der Waals surface area contributed by atoms with E-state index >= 15 is 0 Å². The Morgan fingerprint density at radius 3 is 3.10 bits per heavy atom. The van der Waals surface area contributed by atoms with E-state index in [2.05, 4.69) is 16.8 Å². The van der Waals surface area contributed by atoms with Gasteiger partial charge in [-0.1, -0.05) is 13.0 Å². The minimum absolute atomic E-state index is 0.100. The Bertz CT molecular complexity index is 697. The molecule has 0 saturated carbocycles. The molecule has 4 nitrogen and oxygen atoms in total. The SMILES string of the molecule is CCCN1CCC(Cn2cnc3cccc(F)c3c2=O)C1. The lowest BCUT2D eigenvalue weighted by molar-refractivity contribution is 0.316. The zero-order valence-electron chi connectivity index (χ0n) is 12.3. The minimum Gasteiger partial charge on any atom is -0.303 e. The summed E-state index contributed by atoms with van der Waals surface area (Å²) in [5.41, 5.74) is 0.155. The first-order valence-electron chi connectivity index (χ1n) is 7.55. The highest BCUT2D eigenvalue weighted by atomic mass is 19.1. The largest absolute Gasteiger partial charge is 0.303 e. The van der Waals surface area contributed by atoms with Crippen LogP contribution in [0, 0.1) is 11.7 Å². The smallest absolute Gasteiger partial charge is 0.264 e. The van der Waals surface area contributed by atoms with Gasteiger partial charge in [-0.15, -0.1) is 0 Å². The molecule has 0 bridgehead atoms. The number of halogens is 1. The van der Waals surface area contributed by atoms with Crippen molar-refractivity contribution in [3.63, 3.8) is 0 Å². The number of hydrogen-bond donors (Lipinski definition) is 0. The lowest BCUT2D eigenvalue weighted by Crippen LogP contribution is -2.27. The molecule has 21 heavy (non-hydrogen) atoms. The van der Waals surface area contributed by atoms with Gasteiger partial charge in [0.15, 0.2) is 0 Å². The Labute approximate surface area is 123 Å². The molecule has 1 aromatic carbocycles. The van der Waals surface area contributed by atoms with Gasteiger partial charge in [-0.25, -0.2) is 9.37 Å². The number of aromatic nitrogens is 2. The van der Waals surface area contributed by atoms with Gasteiger partial charge in [0.1, 0.15) is 11.2 Å². The van der Waals surface area contributed by atoms with Gasteiger partial charge in [-0.3, -0.25) is 9.36 Å². The van der Waals surface area contributed by atoms with Gasteiger partial charge in [0, 0.05) is 13.1 Å². The molecule has 5 heteroatoms. The summed E-state index contributed by atoms with van der Waals surface area (Å²) in [4.78, 5) is 19.0. The molecule has 3 rings (SSSR count). The molecule has 1 atom stereocenters. The first-order chi connectivity index (χ1) is 10.2. The van der Waals surface area contributed by atoms with Crippen LogP contribution in [0.4, 0.5) is 4.39 Å². The first-order valence-corrected chi connectivity index (χ1v) is 7.55. The van der Waals surface area contributed by atoms with Crippen LogP contribution in [-0.2, 0) is 6.54 Å². The highest BCUT2D eigenvalue weighted by Crippen LogP contribution is 2.18. The Hall–Kier alpha value is -1.75. The maximum atomic E-state index is 13.8. The van der Waals surface area contributed by atoms with Gasteiger partial charge >= 0.3 is 0 Å². The van der Waals surface area contributed by atoms with Crippen molar-refractivity contribution in [1.82, 2.24) is 14.5 Å². The standard InChI is InChI=1S/C16H20FN3O/c1-2-7-19-8-6-12(9-19)10-20-11-18-14-5-3-4-13(17)15(14)16(20)21/h3-5,11-12H,2,6-10H2,1H3. The van der Waals surface area contributed by atoms with Crippen LogP contribution in [0.2, 0.25) is 0 Å². The molecule has 1 aliphatic heterocycles. The Morgan fingerprint density at radius 2 is 2.29 bits per heavy atom. The van der Waals surface area contributed by atoms with Gasteiger partial charge in [-0.05, 0) is 44.0 Å². The molecule has 1 unspecified atom stereocenters. The molecule has 1 fully saturated rings. The predicted molar refractivity (Wildman–Crippen MR) is 80.8 cm³/mol. The molecule has 0 amide bonds. The fourth-order valence-corrected chi connectivity index (χ4v) is 3.15. The lowest BCUT2D eigenvalue weighted by atomic mass is 10.1. The highest BCUT2D eigenvalue weighted by molar-refractivity contribution is 5.77. The van der Waals surface area contributed by atoms with Gasteiger partial charge in [0.25, 0.3) is 5.56 Å². The van der Waals surface area contributed by atoms with E-state index in [1.807, 2.05) is 0 Å². The molecule has 0 spiro atoms. The van der Waals surface area contributed by atoms with Crippen LogP contribution in [-0.4, -0.2) is 34.1 Å². The summed E-state index contributed by atoms with van der Waals surface area (Å²) >= 11 is 0. The summed E-state index contributed by atoms with van der Waals surface area (Å²) in [6, 6.07) is 4.56. The van der Waals surface area contributed by atoms with Gasteiger partial charge < -0.3 is 4.90 Å². The molecule has 2 heterocycles. The summed E-state index contributed by atoms with van der Waals surface area (Å²) in [5.74, 6) is -0.0429. The summed E-state index contributed by atoms with van der Waals surface area (Å²) in [6.45, 7) is 6.00. The Balaban J connectivity index is 1.84. The van der Waals surface area contributed by atoms with Crippen LogP contribution in [0.5, 0.6) is 0 Å². The van der Waals surface area contributed by atoms with Crippen molar-refractivity contribution in [3.05, 3.63) is 40.7 Å². The molecule has 0 radical (unpaired) electrons. The fraction of sp³-hybridized carbons (Fsp3) is 0.500. The second-order valence-corrected chi connectivity index (χ2v) is 5.79. The Kier molecular flexibility index (Phi) is 4.01. The molecular formula is C16H20FN3O. The molecule has 0 aliphatic carbocycles. The number of fused-ring (bicyclic) bond motifs is 1. The van der Waals surface area contributed by atoms with Crippen molar-refractivity contribution in [2.45, 2.75) is 26.3 Å². The maximum absolute atomic E-state index is 13.8. The zero-order chi connectivity index (χ0) is 14.8. The molecule has 1 aromatic heterocycles. The second-order valence-electron chi connectivity index (χ2n) is 5.79. The molecule has 0 N–H and O–H groups in total. The first kappa shape index (κ1) is 14.2. The topological polar surface area (TPSA) is 38.1 Å². The van der Waals surface area contributed by atoms with Crippen molar-refractivity contribution in [2.24, 2.45) is 5.92 Å². The van der Waals surface area contributed by atoms with Crippen LogP contribution >= 0.6 is 0 Å². The number of benzene rings is 1. The van der Waals surface area contributed by atoms with Crippen molar-refractivity contribution < 1.29 is 4.39 Å². The molecule has 1 saturated heterocycles.